The van der Waals surface area contributed by atoms with E-state index in [0.29, 0.717) is 17.0 Å². The van der Waals surface area contributed by atoms with Gasteiger partial charge in [-0.25, -0.2) is 8.42 Å². The van der Waals surface area contributed by atoms with Gasteiger partial charge in [0.25, 0.3) is 15.9 Å². The lowest BCUT2D eigenvalue weighted by Crippen LogP contribution is -2.32. The van der Waals surface area contributed by atoms with E-state index in [2.05, 4.69) is 31.3 Å². The smallest absolute Gasteiger partial charge is 0.265 e. The minimum atomic E-state index is -4.04. The quantitative estimate of drug-likeness (QED) is 0.376. The molecule has 0 fully saturated rings. The fraction of sp³-hybridized carbons (Fsp3) is 0.130. The van der Waals surface area contributed by atoms with Gasteiger partial charge in [-0.3, -0.25) is 14.3 Å². The number of sulfonamides is 1. The summed E-state index contributed by atoms with van der Waals surface area (Å²) in [5.41, 5.74) is 0.949. The third-order valence-electron chi connectivity index (χ3n) is 4.60. The number of halogens is 1. The number of anilines is 2. The van der Waals surface area contributed by atoms with Gasteiger partial charge >= 0.3 is 0 Å². The highest BCUT2D eigenvalue weighted by atomic mass is 79.9. The van der Waals surface area contributed by atoms with Crippen LogP contribution in [0.25, 0.3) is 0 Å². The zero-order valence-electron chi connectivity index (χ0n) is 18.3. The van der Waals surface area contributed by atoms with Crippen LogP contribution in [0.4, 0.5) is 11.4 Å². The van der Waals surface area contributed by atoms with Crippen LogP contribution in [0, 0.1) is 0 Å². The normalized spacial score (nSPS) is 10.8. The van der Waals surface area contributed by atoms with E-state index in [0.717, 1.165) is 4.47 Å². The molecule has 0 aromatic heterocycles. The van der Waals surface area contributed by atoms with Crippen molar-refractivity contribution in [2.24, 2.45) is 0 Å². The molecular weight excluding hydrogens is 526 g/mol. The third-order valence-corrected chi connectivity index (χ3v) is 6.53. The summed E-state index contributed by atoms with van der Waals surface area (Å²) in [7, 11) is -1.19. The van der Waals surface area contributed by atoms with E-state index in [9.17, 15) is 18.0 Å². The Morgan fingerprint density at radius 2 is 1.53 bits per heavy atom. The van der Waals surface area contributed by atoms with E-state index in [1.165, 1.54) is 32.4 Å². The van der Waals surface area contributed by atoms with E-state index in [4.69, 9.17) is 9.47 Å². The lowest BCUT2D eigenvalue weighted by molar-refractivity contribution is -0.115. The molecule has 11 heteroatoms. The summed E-state index contributed by atoms with van der Waals surface area (Å²) in [4.78, 5) is 24.3. The zero-order chi connectivity index (χ0) is 24.7. The number of nitrogens with one attached hydrogen (secondary N) is 3. The van der Waals surface area contributed by atoms with E-state index in [1.54, 1.807) is 48.5 Å². The van der Waals surface area contributed by atoms with Crippen LogP contribution in [0.2, 0.25) is 0 Å². The van der Waals surface area contributed by atoms with Crippen molar-refractivity contribution < 1.29 is 27.5 Å². The molecule has 0 aliphatic rings. The van der Waals surface area contributed by atoms with Crippen LogP contribution in [0.1, 0.15) is 10.4 Å². The SMILES string of the molecule is COc1ccc(NS(=O)(=O)c2cc(NC(=O)CNC(=O)c3ccc(Br)cc3)ccc2OC)cc1. The second-order valence-electron chi connectivity index (χ2n) is 6.94. The Morgan fingerprint density at radius 3 is 2.15 bits per heavy atom. The van der Waals surface area contributed by atoms with Gasteiger partial charge in [0.1, 0.15) is 16.4 Å². The summed E-state index contributed by atoms with van der Waals surface area (Å²) >= 11 is 3.29. The molecule has 0 spiro atoms. The zero-order valence-corrected chi connectivity index (χ0v) is 20.7. The molecule has 0 aliphatic heterocycles. The van der Waals surface area contributed by atoms with Gasteiger partial charge in [-0.1, -0.05) is 15.9 Å². The standard InChI is InChI=1S/C23H22BrN3O6S/c1-32-19-10-7-17(8-11-19)27-34(30,31)21-13-18(9-12-20(21)33-2)26-22(28)14-25-23(29)15-3-5-16(24)6-4-15/h3-13,27H,14H2,1-2H3,(H,25,29)(H,26,28). The van der Waals surface area contributed by atoms with E-state index in [-0.39, 0.29) is 22.9 Å². The molecule has 0 aliphatic carbocycles. The van der Waals surface area contributed by atoms with Crippen molar-refractivity contribution in [1.82, 2.24) is 5.32 Å². The summed E-state index contributed by atoms with van der Waals surface area (Å²) in [6, 6.07) is 17.2. The maximum Gasteiger partial charge on any atom is 0.265 e. The molecule has 0 bridgehead atoms. The van der Waals surface area contributed by atoms with Crippen LogP contribution in [-0.2, 0) is 14.8 Å². The minimum Gasteiger partial charge on any atom is -0.497 e. The molecule has 0 unspecified atom stereocenters. The second kappa shape index (κ2) is 11.0. The van der Waals surface area contributed by atoms with Crippen LogP contribution < -0.4 is 24.8 Å². The highest BCUT2D eigenvalue weighted by molar-refractivity contribution is 9.10. The molecule has 3 aromatic rings. The molecule has 3 aromatic carbocycles. The van der Waals surface area contributed by atoms with Gasteiger partial charge in [-0.05, 0) is 66.7 Å². The highest BCUT2D eigenvalue weighted by Crippen LogP contribution is 2.29. The average Bonchev–Trinajstić information content (AvgIpc) is 2.83. The fourth-order valence-corrected chi connectivity index (χ4v) is 4.42. The Balaban J connectivity index is 1.70. The number of amides is 2. The lowest BCUT2D eigenvalue weighted by atomic mass is 10.2. The largest absolute Gasteiger partial charge is 0.497 e. The van der Waals surface area contributed by atoms with E-state index < -0.39 is 21.8 Å². The summed E-state index contributed by atoms with van der Waals surface area (Å²) in [6.07, 6.45) is 0. The lowest BCUT2D eigenvalue weighted by Gasteiger charge is -2.14. The molecule has 0 atom stereocenters. The van der Waals surface area contributed by atoms with Crippen molar-refractivity contribution in [3.05, 3.63) is 76.8 Å². The first-order chi connectivity index (χ1) is 16.2. The number of carbonyl (C=O) groups excluding carboxylic acids is 2. The number of carbonyl (C=O) groups is 2. The third kappa shape index (κ3) is 6.49. The monoisotopic (exact) mass is 547 g/mol. The molecule has 3 N–H and O–H groups in total. The molecule has 2 amide bonds. The topological polar surface area (TPSA) is 123 Å². The summed E-state index contributed by atoms with van der Waals surface area (Å²) in [5, 5.41) is 5.09. The van der Waals surface area contributed by atoms with Gasteiger partial charge in [-0.15, -0.1) is 0 Å². The molecule has 0 saturated carbocycles. The maximum absolute atomic E-state index is 13.0. The number of hydrogen-bond donors (Lipinski definition) is 3. The number of benzene rings is 3. The first-order valence-corrected chi connectivity index (χ1v) is 12.2. The Labute approximate surface area is 205 Å². The van der Waals surface area contributed by atoms with Crippen LogP contribution in [0.15, 0.2) is 76.1 Å². The molecular formula is C23H22BrN3O6S. The molecule has 9 nitrogen and oxygen atoms in total. The molecule has 0 saturated heterocycles. The summed E-state index contributed by atoms with van der Waals surface area (Å²) in [6.45, 7) is -0.299. The Hall–Kier alpha value is -3.57. The van der Waals surface area contributed by atoms with Gasteiger partial charge in [0, 0.05) is 21.4 Å². The Morgan fingerprint density at radius 1 is 0.882 bits per heavy atom. The maximum atomic E-state index is 13.0. The predicted octanol–water partition coefficient (Wildman–Crippen LogP) is 3.64. The number of ether oxygens (including phenoxy) is 2. The number of hydrogen-bond acceptors (Lipinski definition) is 6. The predicted molar refractivity (Wildman–Crippen MR) is 132 cm³/mol. The highest BCUT2D eigenvalue weighted by Gasteiger charge is 2.21. The van der Waals surface area contributed by atoms with Gasteiger partial charge in [0.2, 0.25) is 5.91 Å². The minimum absolute atomic E-state index is 0.0996. The van der Waals surface area contributed by atoms with Crippen molar-refractivity contribution in [2.75, 3.05) is 30.8 Å². The molecule has 178 valence electrons. The van der Waals surface area contributed by atoms with Crippen molar-refractivity contribution in [3.8, 4) is 11.5 Å². The number of methoxy groups -OCH3 is 2. The van der Waals surface area contributed by atoms with Crippen LogP contribution in [0.3, 0.4) is 0 Å². The Bertz CT molecular complexity index is 1280. The first-order valence-electron chi connectivity index (χ1n) is 9.90. The van der Waals surface area contributed by atoms with E-state index >= 15 is 0 Å². The number of rotatable bonds is 9. The van der Waals surface area contributed by atoms with Crippen molar-refractivity contribution in [3.63, 3.8) is 0 Å². The van der Waals surface area contributed by atoms with Gasteiger partial charge in [0.15, 0.2) is 0 Å². The van der Waals surface area contributed by atoms with Gasteiger partial charge in [0.05, 0.1) is 20.8 Å². The Kier molecular flexibility index (Phi) is 8.13. The van der Waals surface area contributed by atoms with Crippen LogP contribution in [0.5, 0.6) is 11.5 Å². The average molecular weight is 548 g/mol. The van der Waals surface area contributed by atoms with Gasteiger partial charge < -0.3 is 20.1 Å². The second-order valence-corrected chi connectivity index (χ2v) is 9.50. The molecule has 0 heterocycles. The summed E-state index contributed by atoms with van der Waals surface area (Å²) < 4.78 is 39.5. The van der Waals surface area contributed by atoms with Gasteiger partial charge in [-0.2, -0.15) is 0 Å². The molecule has 34 heavy (non-hydrogen) atoms. The molecule has 3 rings (SSSR count). The van der Waals surface area contributed by atoms with Crippen molar-refractivity contribution >= 4 is 49.1 Å². The van der Waals surface area contributed by atoms with Crippen LogP contribution >= 0.6 is 15.9 Å². The van der Waals surface area contributed by atoms with Crippen molar-refractivity contribution in [2.45, 2.75) is 4.90 Å². The molecule has 0 radical (unpaired) electrons. The van der Waals surface area contributed by atoms with Crippen LogP contribution in [-0.4, -0.2) is 41.0 Å². The van der Waals surface area contributed by atoms with Crippen molar-refractivity contribution in [1.29, 1.82) is 0 Å². The van der Waals surface area contributed by atoms with E-state index in [1.807, 2.05) is 0 Å². The fourth-order valence-electron chi connectivity index (χ4n) is 2.90. The first kappa shape index (κ1) is 25.1. The summed E-state index contributed by atoms with van der Waals surface area (Å²) in [5.74, 6) is -0.258.